The van der Waals surface area contributed by atoms with Crippen LogP contribution in [0.3, 0.4) is 0 Å². The van der Waals surface area contributed by atoms with E-state index in [1.165, 1.54) is 0 Å². The van der Waals surface area contributed by atoms with E-state index >= 15 is 0 Å². The zero-order chi connectivity index (χ0) is 29.7. The van der Waals surface area contributed by atoms with Crippen LogP contribution in [0.5, 0.6) is 0 Å². The predicted octanol–water partition coefficient (Wildman–Crippen LogP) is -2.99. The molecule has 6 aliphatic rings. The molecule has 0 spiro atoms. The fourth-order valence-electron chi connectivity index (χ4n) is 7.32. The molecule has 6 fully saturated rings. The first-order chi connectivity index (χ1) is 20.1. The molecule has 7 atom stereocenters. The molecule has 0 radical (unpaired) electrons. The average Bonchev–Trinajstić information content (AvgIpc) is 3.70. The Morgan fingerprint density at radius 3 is 2.31 bits per heavy atom. The molecular formula is C28H42N6O8. The monoisotopic (exact) mass is 590 g/mol. The Labute approximate surface area is 244 Å². The molecule has 6 bridgehead atoms. The van der Waals surface area contributed by atoms with Crippen LogP contribution >= 0.6 is 0 Å². The van der Waals surface area contributed by atoms with Gasteiger partial charge in [-0.1, -0.05) is 0 Å². The highest BCUT2D eigenvalue weighted by Crippen LogP contribution is 2.33. The normalized spacial score (nSPS) is 37.1. The Morgan fingerprint density at radius 2 is 1.62 bits per heavy atom. The number of fused-ring (bicyclic) bond motifs is 6. The van der Waals surface area contributed by atoms with Crippen molar-refractivity contribution in [3.05, 3.63) is 0 Å². The first kappa shape index (κ1) is 29.3. The number of nitrogens with one attached hydrogen (secondary N) is 2. The fourth-order valence-corrected chi connectivity index (χ4v) is 7.32. The molecular weight excluding hydrogens is 548 g/mol. The van der Waals surface area contributed by atoms with E-state index in [0.717, 1.165) is 12.8 Å². The Kier molecular flexibility index (Phi) is 8.15. The third-order valence-electron chi connectivity index (χ3n) is 9.90. The summed E-state index contributed by atoms with van der Waals surface area (Å²) in [5.41, 5.74) is 0. The van der Waals surface area contributed by atoms with Crippen LogP contribution in [0.15, 0.2) is 0 Å². The van der Waals surface area contributed by atoms with Gasteiger partial charge in [-0.2, -0.15) is 0 Å². The quantitative estimate of drug-likeness (QED) is 0.262. The van der Waals surface area contributed by atoms with E-state index in [9.17, 15) is 34.2 Å². The summed E-state index contributed by atoms with van der Waals surface area (Å²) in [6.07, 6.45) is -1.25. The van der Waals surface area contributed by atoms with E-state index in [-0.39, 0.29) is 67.7 Å². The van der Waals surface area contributed by atoms with Gasteiger partial charge in [-0.3, -0.25) is 28.9 Å². The Bertz CT molecular complexity index is 1110. The van der Waals surface area contributed by atoms with Gasteiger partial charge >= 0.3 is 0 Å². The van der Waals surface area contributed by atoms with Crippen molar-refractivity contribution in [3.8, 4) is 0 Å². The number of hydrogen-bond acceptors (Lipinski definition) is 9. The molecule has 5 aliphatic heterocycles. The topological polar surface area (TPSA) is 172 Å². The highest BCUT2D eigenvalue weighted by molar-refractivity contribution is 5.91. The van der Waals surface area contributed by atoms with Crippen LogP contribution < -0.4 is 10.6 Å². The maximum absolute atomic E-state index is 14.1. The van der Waals surface area contributed by atoms with Crippen molar-refractivity contribution in [2.45, 2.75) is 94.0 Å². The molecule has 42 heavy (non-hydrogen) atoms. The lowest BCUT2D eigenvalue weighted by Crippen LogP contribution is -2.64. The van der Waals surface area contributed by atoms with Gasteiger partial charge in [0.05, 0.1) is 25.1 Å². The molecule has 232 valence electrons. The van der Waals surface area contributed by atoms with E-state index in [1.54, 1.807) is 21.6 Å². The number of carbonyl (C=O) groups is 5. The average molecular weight is 591 g/mol. The Hall–Kier alpha value is -2.81. The van der Waals surface area contributed by atoms with E-state index in [1.807, 2.05) is 0 Å². The lowest BCUT2D eigenvalue weighted by Gasteiger charge is -2.43. The molecule has 0 unspecified atom stereocenters. The van der Waals surface area contributed by atoms with Crippen LogP contribution in [0, 0.1) is 5.92 Å². The van der Waals surface area contributed by atoms with Gasteiger partial charge in [0.2, 0.25) is 29.5 Å². The van der Waals surface area contributed by atoms with Crippen molar-refractivity contribution in [2.24, 2.45) is 5.92 Å². The summed E-state index contributed by atoms with van der Waals surface area (Å²) in [7, 11) is 0. The lowest BCUT2D eigenvalue weighted by molar-refractivity contribution is -0.151. The van der Waals surface area contributed by atoms with Crippen molar-refractivity contribution >= 4 is 29.5 Å². The van der Waals surface area contributed by atoms with Crippen LogP contribution in [0.2, 0.25) is 0 Å². The van der Waals surface area contributed by atoms with Gasteiger partial charge in [-0.05, 0) is 32.1 Å². The number of likely N-dealkylation sites (tertiary alicyclic amines) is 2. The molecule has 0 aromatic rings. The fraction of sp³-hybridized carbons (Fsp3) is 0.821. The summed E-state index contributed by atoms with van der Waals surface area (Å²) >= 11 is 0. The second-order valence-electron chi connectivity index (χ2n) is 12.7. The van der Waals surface area contributed by atoms with E-state index in [2.05, 4.69) is 15.5 Å². The number of hydrogen-bond donors (Lipinski definition) is 4. The van der Waals surface area contributed by atoms with E-state index in [0.29, 0.717) is 45.4 Å². The maximum Gasteiger partial charge on any atom is 0.244 e. The molecule has 4 N–H and O–H groups in total. The minimum absolute atomic E-state index is 0.0246. The highest BCUT2D eigenvalue weighted by Gasteiger charge is 2.49. The first-order valence-corrected chi connectivity index (χ1v) is 15.3. The van der Waals surface area contributed by atoms with Crippen LogP contribution in [0.1, 0.15) is 45.4 Å². The SMILES string of the molecule is CC(=O)N1CCC(N2C[C@@H]3C[C@H]2C(=O)N2CCN(C(=O)C4CC4)[C@@H](C2)C(=O)NC[C@H]2O[C@@H](CC(=O)N3)[C@H](O)[C@@H]2O)CC1. The number of ether oxygens (including phenoxy) is 1. The highest BCUT2D eigenvalue weighted by atomic mass is 16.5. The number of rotatable bonds is 2. The zero-order valence-corrected chi connectivity index (χ0v) is 24.0. The van der Waals surface area contributed by atoms with Gasteiger partial charge in [0, 0.05) is 64.2 Å². The van der Waals surface area contributed by atoms with Crippen LogP contribution in [-0.4, -0.2) is 154 Å². The standard InChI is InChI=1S/C28H42N6O8/c1-15(35)31-6-4-18(5-7-31)34-13-17-10-19(34)28(41)32-8-9-33(27(40)16-2-3-16)20(14-32)26(39)29-12-22-25(38)24(37)21(42-22)11-23(36)30-17/h16-22,24-25,37-38H,2-14H2,1H3,(H,29,39)(H,30,36)/t17-,19-,20-,21-,22+,24-,25+/m0/s1. The van der Waals surface area contributed by atoms with Gasteiger partial charge in [0.1, 0.15) is 24.4 Å². The number of piperidine rings is 1. The van der Waals surface area contributed by atoms with Crippen LogP contribution in [0.4, 0.5) is 0 Å². The molecule has 0 aromatic carbocycles. The summed E-state index contributed by atoms with van der Waals surface area (Å²) in [4.78, 5) is 72.9. The maximum atomic E-state index is 14.1. The number of aliphatic hydroxyl groups is 2. The summed E-state index contributed by atoms with van der Waals surface area (Å²) in [6.45, 7) is 3.69. The second kappa shape index (κ2) is 11.7. The van der Waals surface area contributed by atoms with Crippen LogP contribution in [-0.2, 0) is 28.7 Å². The molecule has 1 saturated carbocycles. The third kappa shape index (κ3) is 5.73. The number of aliphatic hydroxyl groups excluding tert-OH is 2. The Balaban J connectivity index is 1.26. The van der Waals surface area contributed by atoms with Crippen molar-refractivity contribution < 1.29 is 38.9 Å². The lowest BCUT2D eigenvalue weighted by atomic mass is 10.0. The number of nitrogens with zero attached hydrogens (tertiary/aromatic N) is 4. The molecule has 14 heteroatoms. The van der Waals surface area contributed by atoms with Crippen LogP contribution in [0.25, 0.3) is 0 Å². The predicted molar refractivity (Wildman–Crippen MR) is 145 cm³/mol. The number of amides is 5. The first-order valence-electron chi connectivity index (χ1n) is 15.3. The minimum atomic E-state index is -1.30. The van der Waals surface area contributed by atoms with Crippen molar-refractivity contribution in [1.82, 2.24) is 30.2 Å². The van der Waals surface area contributed by atoms with Crippen molar-refractivity contribution in [1.29, 1.82) is 0 Å². The number of carbonyl (C=O) groups excluding carboxylic acids is 5. The third-order valence-corrected chi connectivity index (χ3v) is 9.90. The molecule has 6 rings (SSSR count). The molecule has 1 aliphatic carbocycles. The smallest absolute Gasteiger partial charge is 0.244 e. The number of piperazine rings is 1. The van der Waals surface area contributed by atoms with Crippen molar-refractivity contribution in [3.63, 3.8) is 0 Å². The Morgan fingerprint density at radius 1 is 0.905 bits per heavy atom. The van der Waals surface area contributed by atoms with Gasteiger partial charge in [-0.25, -0.2) is 0 Å². The second-order valence-corrected chi connectivity index (χ2v) is 12.7. The molecule has 5 heterocycles. The summed E-state index contributed by atoms with van der Waals surface area (Å²) < 4.78 is 5.81. The van der Waals surface area contributed by atoms with Crippen molar-refractivity contribution in [2.75, 3.05) is 45.8 Å². The minimum Gasteiger partial charge on any atom is -0.388 e. The summed E-state index contributed by atoms with van der Waals surface area (Å²) in [6, 6.07) is -1.68. The van der Waals surface area contributed by atoms with Gasteiger partial charge in [0.25, 0.3) is 0 Å². The van der Waals surface area contributed by atoms with Gasteiger partial charge in [-0.15, -0.1) is 0 Å². The molecule has 0 aromatic heterocycles. The molecule has 14 nitrogen and oxygen atoms in total. The summed E-state index contributed by atoms with van der Waals surface area (Å²) in [5.74, 6) is -1.06. The van der Waals surface area contributed by atoms with E-state index < -0.39 is 42.4 Å². The molecule has 5 saturated heterocycles. The van der Waals surface area contributed by atoms with Gasteiger partial charge < -0.3 is 40.3 Å². The summed E-state index contributed by atoms with van der Waals surface area (Å²) in [5, 5.41) is 26.9. The van der Waals surface area contributed by atoms with Gasteiger partial charge in [0.15, 0.2) is 0 Å². The van der Waals surface area contributed by atoms with E-state index in [4.69, 9.17) is 4.74 Å². The zero-order valence-electron chi connectivity index (χ0n) is 24.0. The largest absolute Gasteiger partial charge is 0.388 e. The molecule has 5 amide bonds.